The number of hydrogen-bond donors (Lipinski definition) is 0. The fourth-order valence-corrected chi connectivity index (χ4v) is 3.53. The molecule has 0 bridgehead atoms. The summed E-state index contributed by atoms with van der Waals surface area (Å²) < 4.78 is 41.0. The van der Waals surface area contributed by atoms with Gasteiger partial charge in [0.2, 0.25) is 11.6 Å². The van der Waals surface area contributed by atoms with Gasteiger partial charge in [-0.25, -0.2) is 9.97 Å². The minimum Gasteiger partial charge on any atom is -0.327 e. The number of aromatic nitrogens is 5. The second kappa shape index (κ2) is 7.11. The third-order valence-corrected chi connectivity index (χ3v) is 5.12. The van der Waals surface area contributed by atoms with E-state index < -0.39 is 22.7 Å². The molecule has 29 heavy (non-hydrogen) atoms. The molecule has 150 valence electrons. The molecule has 0 aliphatic carbocycles. The van der Waals surface area contributed by atoms with Crippen molar-refractivity contribution < 1.29 is 18.0 Å². The maximum atomic E-state index is 13.1. The summed E-state index contributed by atoms with van der Waals surface area (Å²) in [6.45, 7) is 2.06. The van der Waals surface area contributed by atoms with Crippen LogP contribution in [0.15, 0.2) is 36.7 Å². The number of halogens is 4. The van der Waals surface area contributed by atoms with Gasteiger partial charge in [0.1, 0.15) is 0 Å². The molecule has 0 saturated carbocycles. The van der Waals surface area contributed by atoms with Crippen molar-refractivity contribution in [3.05, 3.63) is 58.6 Å². The quantitative estimate of drug-likeness (QED) is 0.646. The van der Waals surface area contributed by atoms with E-state index in [1.54, 1.807) is 30.0 Å². The van der Waals surface area contributed by atoms with Gasteiger partial charge < -0.3 is 4.90 Å². The van der Waals surface area contributed by atoms with Crippen LogP contribution in [0.5, 0.6) is 0 Å². The first kappa shape index (κ1) is 19.3. The van der Waals surface area contributed by atoms with E-state index >= 15 is 0 Å². The third kappa shape index (κ3) is 3.44. The molecule has 1 atom stereocenters. The molecule has 3 heterocycles. The molecule has 7 nitrogen and oxygen atoms in total. The van der Waals surface area contributed by atoms with Crippen molar-refractivity contribution >= 4 is 17.5 Å². The second-order valence-corrected chi connectivity index (χ2v) is 6.97. The van der Waals surface area contributed by atoms with Gasteiger partial charge in [0.15, 0.2) is 5.82 Å². The molecule has 1 unspecified atom stereocenters. The molecule has 4 rings (SSSR count). The minimum atomic E-state index is -4.57. The summed E-state index contributed by atoms with van der Waals surface area (Å²) in [5.41, 5.74) is -0.721. The van der Waals surface area contributed by atoms with Gasteiger partial charge in [0.05, 0.1) is 10.6 Å². The number of carbonyl (C=O) groups excluding carboxylic acids is 1. The summed E-state index contributed by atoms with van der Waals surface area (Å²) in [4.78, 5) is 22.7. The van der Waals surface area contributed by atoms with Crippen molar-refractivity contribution in [2.75, 3.05) is 0 Å². The number of benzene rings is 1. The largest absolute Gasteiger partial charge is 0.417 e. The number of alkyl halides is 3. The van der Waals surface area contributed by atoms with Gasteiger partial charge in [0.25, 0.3) is 5.91 Å². The van der Waals surface area contributed by atoms with Gasteiger partial charge in [-0.2, -0.15) is 13.2 Å². The fraction of sp³-hybridized carbons (Fsp3) is 0.278. The molecular formula is C18H14ClF3N6O. The van der Waals surface area contributed by atoms with Gasteiger partial charge in [-0.3, -0.25) is 9.36 Å². The van der Waals surface area contributed by atoms with Gasteiger partial charge >= 0.3 is 6.18 Å². The van der Waals surface area contributed by atoms with Crippen molar-refractivity contribution in [2.45, 2.75) is 32.2 Å². The average molecular weight is 423 g/mol. The van der Waals surface area contributed by atoms with Gasteiger partial charge in [-0.05, 0) is 24.6 Å². The fourth-order valence-electron chi connectivity index (χ4n) is 3.24. The summed E-state index contributed by atoms with van der Waals surface area (Å²) in [5.74, 6) is 0.318. The highest BCUT2D eigenvalue weighted by atomic mass is 35.5. The van der Waals surface area contributed by atoms with Crippen LogP contribution in [-0.4, -0.2) is 41.6 Å². The van der Waals surface area contributed by atoms with Crippen molar-refractivity contribution in [1.29, 1.82) is 0 Å². The van der Waals surface area contributed by atoms with E-state index in [1.165, 1.54) is 17.0 Å². The Bertz CT molecular complexity index is 1070. The van der Waals surface area contributed by atoms with Gasteiger partial charge in [-0.15, -0.1) is 10.2 Å². The lowest BCUT2D eigenvalue weighted by Crippen LogP contribution is -2.46. The Hall–Kier alpha value is -3.01. The Morgan fingerprint density at radius 3 is 2.52 bits per heavy atom. The molecule has 1 amide bonds. The third-order valence-electron chi connectivity index (χ3n) is 4.67. The summed E-state index contributed by atoms with van der Waals surface area (Å²) >= 11 is 5.98. The molecule has 0 radical (unpaired) electrons. The summed E-state index contributed by atoms with van der Waals surface area (Å²) in [5, 5.41) is 7.56. The zero-order valence-corrected chi connectivity index (χ0v) is 15.8. The zero-order chi connectivity index (χ0) is 20.8. The second-order valence-electron chi connectivity index (χ2n) is 6.59. The van der Waals surface area contributed by atoms with Crippen molar-refractivity contribution in [3.63, 3.8) is 0 Å². The van der Waals surface area contributed by atoms with Crippen LogP contribution in [0.4, 0.5) is 13.2 Å². The van der Waals surface area contributed by atoms with Crippen LogP contribution in [0, 0.1) is 0 Å². The first-order valence-electron chi connectivity index (χ1n) is 8.63. The maximum Gasteiger partial charge on any atom is 0.417 e. The van der Waals surface area contributed by atoms with E-state index in [4.69, 9.17) is 11.6 Å². The predicted molar refractivity (Wildman–Crippen MR) is 96.8 cm³/mol. The van der Waals surface area contributed by atoms with Crippen LogP contribution in [0.3, 0.4) is 0 Å². The number of hydrogen-bond acceptors (Lipinski definition) is 5. The van der Waals surface area contributed by atoms with E-state index in [9.17, 15) is 18.0 Å². The van der Waals surface area contributed by atoms with E-state index in [2.05, 4.69) is 20.2 Å². The summed E-state index contributed by atoms with van der Waals surface area (Å²) in [6.07, 6.45) is -1.46. The SMILES string of the molecule is CC1Cn2c(nnc2-c2ncccn2)C(=O)N1Cc1cccc(C(F)(F)F)c1Cl. The van der Waals surface area contributed by atoms with Gasteiger partial charge in [0, 0.05) is 31.5 Å². The lowest BCUT2D eigenvalue weighted by atomic mass is 10.1. The lowest BCUT2D eigenvalue weighted by Gasteiger charge is -2.34. The predicted octanol–water partition coefficient (Wildman–Crippen LogP) is 3.45. The topological polar surface area (TPSA) is 76.8 Å². The Morgan fingerprint density at radius 1 is 1.14 bits per heavy atom. The molecular weight excluding hydrogens is 409 g/mol. The molecule has 0 saturated heterocycles. The van der Waals surface area contributed by atoms with E-state index in [1.807, 2.05) is 0 Å². The Kier molecular flexibility index (Phi) is 4.73. The Morgan fingerprint density at radius 2 is 1.83 bits per heavy atom. The van der Waals surface area contributed by atoms with E-state index in [0.717, 1.165) is 6.07 Å². The van der Waals surface area contributed by atoms with E-state index in [0.29, 0.717) is 18.2 Å². The molecule has 1 aliphatic heterocycles. The highest BCUT2D eigenvalue weighted by Crippen LogP contribution is 2.37. The van der Waals surface area contributed by atoms with Crippen LogP contribution < -0.4 is 0 Å². The number of amides is 1. The first-order valence-corrected chi connectivity index (χ1v) is 9.01. The molecule has 0 fully saturated rings. The molecule has 0 spiro atoms. The van der Waals surface area contributed by atoms with Crippen LogP contribution in [0.2, 0.25) is 5.02 Å². The number of nitrogens with zero attached hydrogens (tertiary/aromatic N) is 6. The van der Waals surface area contributed by atoms with Gasteiger partial charge in [-0.1, -0.05) is 23.7 Å². The van der Waals surface area contributed by atoms with Crippen molar-refractivity contribution in [1.82, 2.24) is 29.6 Å². The Labute approximate surface area is 168 Å². The Balaban J connectivity index is 1.66. The standard InChI is InChI=1S/C18H14ClF3N6O/c1-10-8-28-15(14-23-6-3-7-24-14)25-26-16(28)17(29)27(10)9-11-4-2-5-12(13(11)19)18(20,21)22/h2-7,10H,8-9H2,1H3. The molecule has 1 aromatic carbocycles. The smallest absolute Gasteiger partial charge is 0.327 e. The molecule has 2 aromatic heterocycles. The monoisotopic (exact) mass is 422 g/mol. The molecule has 11 heteroatoms. The van der Waals surface area contributed by atoms with E-state index in [-0.39, 0.29) is 24.0 Å². The number of fused-ring (bicyclic) bond motifs is 1. The molecule has 0 N–H and O–H groups in total. The van der Waals surface area contributed by atoms with Crippen LogP contribution in [0.25, 0.3) is 11.6 Å². The lowest BCUT2D eigenvalue weighted by molar-refractivity contribution is -0.137. The van der Waals surface area contributed by atoms with Crippen molar-refractivity contribution in [3.8, 4) is 11.6 Å². The molecule has 3 aromatic rings. The molecule has 1 aliphatic rings. The van der Waals surface area contributed by atoms with Crippen LogP contribution >= 0.6 is 11.6 Å². The number of rotatable bonds is 3. The average Bonchev–Trinajstić information content (AvgIpc) is 3.10. The highest BCUT2D eigenvalue weighted by molar-refractivity contribution is 6.32. The highest BCUT2D eigenvalue weighted by Gasteiger charge is 2.37. The maximum absolute atomic E-state index is 13.1. The first-order chi connectivity index (χ1) is 13.8. The zero-order valence-electron chi connectivity index (χ0n) is 15.1. The summed E-state index contributed by atoms with van der Waals surface area (Å²) in [6, 6.07) is 4.98. The van der Waals surface area contributed by atoms with Crippen molar-refractivity contribution in [2.24, 2.45) is 0 Å². The van der Waals surface area contributed by atoms with Crippen LogP contribution in [-0.2, 0) is 19.3 Å². The normalized spacial score (nSPS) is 16.8. The number of carbonyl (C=O) groups is 1. The minimum absolute atomic E-state index is 0.0766. The summed E-state index contributed by atoms with van der Waals surface area (Å²) in [7, 11) is 0. The van der Waals surface area contributed by atoms with Crippen LogP contribution in [0.1, 0.15) is 28.7 Å².